The van der Waals surface area contributed by atoms with E-state index in [1.54, 1.807) is 6.92 Å². The maximum atomic E-state index is 14.1. The van der Waals surface area contributed by atoms with E-state index in [-0.39, 0.29) is 28.8 Å². The van der Waals surface area contributed by atoms with Crippen LogP contribution in [-0.4, -0.2) is 38.8 Å². The maximum absolute atomic E-state index is 14.1. The highest BCUT2D eigenvalue weighted by atomic mass is 35.5. The van der Waals surface area contributed by atoms with Crippen LogP contribution in [0.2, 0.25) is 5.02 Å². The van der Waals surface area contributed by atoms with Gasteiger partial charge in [0.1, 0.15) is 11.6 Å². The van der Waals surface area contributed by atoms with Crippen LogP contribution in [0, 0.1) is 5.82 Å². The summed E-state index contributed by atoms with van der Waals surface area (Å²) in [6, 6.07) is 6.94. The van der Waals surface area contributed by atoms with E-state index in [9.17, 15) is 31.9 Å². The Morgan fingerprint density at radius 1 is 1.29 bits per heavy atom. The molecule has 0 saturated heterocycles. The fourth-order valence-electron chi connectivity index (χ4n) is 2.95. The number of para-hydroxylation sites is 1. The number of amides is 1. The highest BCUT2D eigenvalue weighted by molar-refractivity contribution is 6.34. The summed E-state index contributed by atoms with van der Waals surface area (Å²) in [5, 5.41) is 5.93. The van der Waals surface area contributed by atoms with Crippen LogP contribution in [0.15, 0.2) is 41.2 Å². The molecule has 0 saturated carbocycles. The molecule has 0 radical (unpaired) electrons. The molecular weight excluding hydrogens is 484 g/mol. The Morgan fingerprint density at radius 2 is 2.00 bits per heavy atom. The minimum absolute atomic E-state index is 0.0647. The molecule has 0 aliphatic carbocycles. The topological polar surface area (TPSA) is 95.2 Å². The number of alkyl halides is 3. The summed E-state index contributed by atoms with van der Waals surface area (Å²) in [4.78, 5) is 36.6. The molecule has 1 amide bonds. The second kappa shape index (κ2) is 9.67. The van der Waals surface area contributed by atoms with Gasteiger partial charge in [0, 0.05) is 12.6 Å². The molecule has 13 heteroatoms. The third-order valence-corrected chi connectivity index (χ3v) is 5.05. The average Bonchev–Trinajstić information content (AvgIpc) is 3.10. The molecule has 1 atom stereocenters. The Morgan fingerprint density at radius 3 is 2.56 bits per heavy atom. The highest BCUT2D eigenvalue weighted by Crippen LogP contribution is 2.31. The predicted octanol–water partition coefficient (Wildman–Crippen LogP) is 4.24. The third-order valence-electron chi connectivity index (χ3n) is 4.73. The first-order valence-electron chi connectivity index (χ1n) is 9.76. The van der Waals surface area contributed by atoms with Gasteiger partial charge >= 0.3 is 11.9 Å². The molecule has 0 aliphatic rings. The van der Waals surface area contributed by atoms with Crippen molar-refractivity contribution < 1.29 is 31.9 Å². The molecule has 1 N–H and O–H groups in total. The Kier molecular flexibility index (Phi) is 7.10. The van der Waals surface area contributed by atoms with Crippen molar-refractivity contribution in [3.63, 3.8) is 0 Å². The number of rotatable bonds is 7. The van der Waals surface area contributed by atoms with E-state index in [1.165, 1.54) is 18.2 Å². The number of nitrogens with zero attached hydrogens (tertiary/aromatic N) is 3. The third kappa shape index (κ3) is 4.96. The molecule has 1 heterocycles. The van der Waals surface area contributed by atoms with Crippen molar-refractivity contribution in [3.8, 4) is 11.4 Å². The predicted molar refractivity (Wildman–Crippen MR) is 114 cm³/mol. The van der Waals surface area contributed by atoms with E-state index in [2.05, 4.69) is 10.4 Å². The second-order valence-corrected chi connectivity index (χ2v) is 7.35. The molecule has 0 fully saturated rings. The molecule has 1 unspecified atom stereocenters. The smallest absolute Gasteiger partial charge is 0.425 e. The molecule has 0 bridgehead atoms. The molecular formula is C21H17ClF4N4O4. The number of nitrogens with one attached hydrogen (secondary N) is 1. The lowest BCUT2D eigenvalue weighted by atomic mass is 10.1. The Balaban J connectivity index is 2.10. The number of ether oxygens (including phenoxy) is 1. The van der Waals surface area contributed by atoms with Gasteiger partial charge in [-0.1, -0.05) is 17.7 Å². The summed E-state index contributed by atoms with van der Waals surface area (Å²) in [7, 11) is 0. The number of hydrogen-bond acceptors (Lipinski definition) is 5. The van der Waals surface area contributed by atoms with Gasteiger partial charge < -0.3 is 10.1 Å². The van der Waals surface area contributed by atoms with E-state index in [0.717, 1.165) is 34.4 Å². The lowest BCUT2D eigenvalue weighted by Crippen LogP contribution is -2.32. The van der Waals surface area contributed by atoms with Gasteiger partial charge in [0.15, 0.2) is 18.2 Å². The van der Waals surface area contributed by atoms with Gasteiger partial charge in [-0.3, -0.25) is 14.2 Å². The van der Waals surface area contributed by atoms with Crippen LogP contribution in [0.4, 0.5) is 23.2 Å². The summed E-state index contributed by atoms with van der Waals surface area (Å²) in [6.07, 6.45) is -6.75. The van der Waals surface area contributed by atoms with Crippen molar-refractivity contribution in [3.05, 3.63) is 69.1 Å². The van der Waals surface area contributed by atoms with Gasteiger partial charge in [-0.05, 0) is 38.1 Å². The van der Waals surface area contributed by atoms with Crippen LogP contribution in [0.25, 0.3) is 5.69 Å². The lowest BCUT2D eigenvalue weighted by Gasteiger charge is -2.20. The first kappa shape index (κ1) is 25.0. The molecule has 1 aromatic heterocycles. The zero-order valence-electron chi connectivity index (χ0n) is 17.7. The second-order valence-electron chi connectivity index (χ2n) is 6.95. The number of hydrogen-bond donors (Lipinski definition) is 1. The number of aldehydes is 1. The average molecular weight is 501 g/mol. The fraction of sp³-hybridized carbons (Fsp3) is 0.238. The fourth-order valence-corrected chi connectivity index (χ4v) is 3.16. The van der Waals surface area contributed by atoms with E-state index in [0.29, 0.717) is 6.29 Å². The van der Waals surface area contributed by atoms with Gasteiger partial charge in [0.05, 0.1) is 22.0 Å². The molecule has 0 aliphatic heterocycles. The summed E-state index contributed by atoms with van der Waals surface area (Å²) in [6.45, 7) is 2.44. The standard InChI is InChI=1S/C21H17ClF4N4O4/c1-3-29-17(10-31)28-30(20(29)33)12-7-8-13(16(9-12)34-11(2)21(24,25)26)19(32)27-18-14(22)5-4-6-15(18)23/h4-11H,3H2,1-2H3,(H,27,32). The van der Waals surface area contributed by atoms with Crippen LogP contribution < -0.4 is 15.7 Å². The normalized spacial score (nSPS) is 12.3. The molecule has 2 aromatic carbocycles. The first-order valence-corrected chi connectivity index (χ1v) is 10.1. The van der Waals surface area contributed by atoms with Crippen LogP contribution in [0.1, 0.15) is 34.8 Å². The van der Waals surface area contributed by atoms with Crippen molar-refractivity contribution >= 4 is 29.5 Å². The van der Waals surface area contributed by atoms with Gasteiger partial charge in [-0.15, -0.1) is 5.10 Å². The molecule has 3 rings (SSSR count). The van der Waals surface area contributed by atoms with Crippen molar-refractivity contribution in [2.45, 2.75) is 32.7 Å². The van der Waals surface area contributed by atoms with Gasteiger partial charge in [-0.2, -0.15) is 17.9 Å². The van der Waals surface area contributed by atoms with Crippen molar-refractivity contribution in [2.75, 3.05) is 5.32 Å². The van der Waals surface area contributed by atoms with Gasteiger partial charge in [-0.25, -0.2) is 9.18 Å². The summed E-state index contributed by atoms with van der Waals surface area (Å²) in [5.74, 6) is -2.63. The summed E-state index contributed by atoms with van der Waals surface area (Å²) >= 11 is 5.90. The highest BCUT2D eigenvalue weighted by Gasteiger charge is 2.38. The number of carbonyl (C=O) groups is 2. The molecule has 34 heavy (non-hydrogen) atoms. The summed E-state index contributed by atoms with van der Waals surface area (Å²) < 4.78 is 60.4. The SMILES string of the molecule is CCn1c(C=O)nn(-c2ccc(C(=O)Nc3c(F)cccc3Cl)c(OC(C)C(F)(F)F)c2)c1=O. The molecule has 180 valence electrons. The zero-order chi connectivity index (χ0) is 25.2. The van der Waals surface area contributed by atoms with E-state index < -0.39 is 41.0 Å². The van der Waals surface area contributed by atoms with Crippen molar-refractivity contribution in [2.24, 2.45) is 0 Å². The Labute approximate surface area is 194 Å². The minimum atomic E-state index is -4.77. The first-order chi connectivity index (χ1) is 16.0. The number of aromatic nitrogens is 3. The quantitative estimate of drug-likeness (QED) is 0.387. The number of carbonyl (C=O) groups excluding carboxylic acids is 2. The zero-order valence-corrected chi connectivity index (χ0v) is 18.4. The summed E-state index contributed by atoms with van der Waals surface area (Å²) in [5.41, 5.74) is -1.56. The number of anilines is 1. The Bertz CT molecular complexity index is 1280. The molecule has 8 nitrogen and oxygen atoms in total. The van der Waals surface area contributed by atoms with Crippen LogP contribution >= 0.6 is 11.6 Å². The van der Waals surface area contributed by atoms with Crippen LogP contribution in [-0.2, 0) is 6.54 Å². The maximum Gasteiger partial charge on any atom is 0.425 e. The Hall–Kier alpha value is -3.67. The van der Waals surface area contributed by atoms with Crippen molar-refractivity contribution in [1.82, 2.24) is 14.3 Å². The van der Waals surface area contributed by atoms with E-state index in [1.807, 2.05) is 0 Å². The lowest BCUT2D eigenvalue weighted by molar-refractivity contribution is -0.189. The van der Waals surface area contributed by atoms with Gasteiger partial charge in [0.2, 0.25) is 0 Å². The largest absolute Gasteiger partial charge is 0.480 e. The van der Waals surface area contributed by atoms with Gasteiger partial charge in [0.25, 0.3) is 5.91 Å². The van der Waals surface area contributed by atoms with E-state index in [4.69, 9.17) is 16.3 Å². The minimum Gasteiger partial charge on any atom is -0.480 e. The van der Waals surface area contributed by atoms with E-state index >= 15 is 0 Å². The van der Waals surface area contributed by atoms with Crippen LogP contribution in [0.3, 0.4) is 0 Å². The molecule has 0 spiro atoms. The number of halogens is 5. The number of benzene rings is 2. The monoisotopic (exact) mass is 500 g/mol. The molecule has 3 aromatic rings. The van der Waals surface area contributed by atoms with Crippen LogP contribution in [0.5, 0.6) is 5.75 Å². The van der Waals surface area contributed by atoms with Crippen molar-refractivity contribution in [1.29, 1.82) is 0 Å².